The lowest BCUT2D eigenvalue weighted by atomic mass is 9.86. The lowest BCUT2D eigenvalue weighted by molar-refractivity contribution is -0.148. The van der Waals surface area contributed by atoms with E-state index in [1.807, 2.05) is 9.80 Å². The normalized spacial score (nSPS) is 25.2. The summed E-state index contributed by atoms with van der Waals surface area (Å²) in [6, 6.07) is 3.01. The van der Waals surface area contributed by atoms with Crippen LogP contribution in [0.25, 0.3) is 0 Å². The maximum atomic E-state index is 13.9. The molecule has 1 aromatic heterocycles. The van der Waals surface area contributed by atoms with Gasteiger partial charge in [0.25, 0.3) is 0 Å². The zero-order valence-electron chi connectivity index (χ0n) is 14.4. The molecule has 0 N–H and O–H groups in total. The summed E-state index contributed by atoms with van der Waals surface area (Å²) in [6.07, 6.45) is 3.45. The van der Waals surface area contributed by atoms with Crippen molar-refractivity contribution in [1.82, 2.24) is 9.88 Å². The van der Waals surface area contributed by atoms with Crippen molar-refractivity contribution in [3.63, 3.8) is 0 Å². The first-order valence-corrected chi connectivity index (χ1v) is 8.84. The second-order valence-corrected chi connectivity index (χ2v) is 6.95. The molecule has 2 unspecified atom stereocenters. The lowest BCUT2D eigenvalue weighted by Gasteiger charge is -2.40. The quantitative estimate of drug-likeness (QED) is 0.850. The maximum absolute atomic E-state index is 13.9. The monoisotopic (exact) mass is 335 g/mol. The number of pyridine rings is 1. The van der Waals surface area contributed by atoms with Gasteiger partial charge in [0.05, 0.1) is 12.0 Å². The molecule has 1 amide bonds. The fourth-order valence-corrected chi connectivity index (χ4v) is 3.71. The van der Waals surface area contributed by atoms with Crippen LogP contribution >= 0.6 is 0 Å². The molecule has 6 heteroatoms. The Labute approximate surface area is 142 Å². The van der Waals surface area contributed by atoms with E-state index >= 15 is 0 Å². The average molecular weight is 335 g/mol. The number of carbonyl (C=O) groups excluding carboxylic acids is 1. The molecule has 2 atom stereocenters. The molecular weight excluding hydrogens is 309 g/mol. The highest BCUT2D eigenvalue weighted by Gasteiger charge is 2.37. The van der Waals surface area contributed by atoms with E-state index in [0.717, 1.165) is 19.4 Å². The van der Waals surface area contributed by atoms with Crippen molar-refractivity contribution >= 4 is 11.7 Å². The highest BCUT2D eigenvalue weighted by Crippen LogP contribution is 2.28. The van der Waals surface area contributed by atoms with Crippen LogP contribution < -0.4 is 4.90 Å². The smallest absolute Gasteiger partial charge is 0.228 e. The lowest BCUT2D eigenvalue weighted by Crippen LogP contribution is -2.53. The van der Waals surface area contributed by atoms with Gasteiger partial charge in [0.15, 0.2) is 11.6 Å². The number of hydrogen-bond acceptors (Lipinski definition) is 4. The molecule has 3 rings (SSSR count). The van der Waals surface area contributed by atoms with Crippen molar-refractivity contribution in [3.8, 4) is 0 Å². The molecule has 1 aromatic rings. The highest BCUT2D eigenvalue weighted by molar-refractivity contribution is 5.80. The van der Waals surface area contributed by atoms with Crippen molar-refractivity contribution in [3.05, 3.63) is 24.1 Å². The van der Waals surface area contributed by atoms with E-state index in [1.54, 1.807) is 12.3 Å². The molecule has 2 saturated heterocycles. The van der Waals surface area contributed by atoms with Crippen LogP contribution in [-0.4, -0.2) is 54.7 Å². The molecule has 0 radical (unpaired) electrons. The number of carbonyl (C=O) groups is 1. The molecule has 0 spiro atoms. The Kier molecular flexibility index (Phi) is 5.33. The number of hydrogen-bond donors (Lipinski definition) is 0. The number of anilines is 1. The minimum Gasteiger partial charge on any atom is -0.377 e. The van der Waals surface area contributed by atoms with Gasteiger partial charge in [-0.15, -0.1) is 0 Å². The number of halogens is 1. The van der Waals surface area contributed by atoms with Gasteiger partial charge in [-0.05, 0) is 30.9 Å². The third-order valence-electron chi connectivity index (χ3n) is 4.97. The van der Waals surface area contributed by atoms with Crippen LogP contribution in [0.5, 0.6) is 0 Å². The van der Waals surface area contributed by atoms with Crippen LogP contribution in [0.1, 0.15) is 26.7 Å². The topological polar surface area (TPSA) is 45.7 Å². The fourth-order valence-electron chi connectivity index (χ4n) is 3.71. The summed E-state index contributed by atoms with van der Waals surface area (Å²) >= 11 is 0. The zero-order valence-corrected chi connectivity index (χ0v) is 14.4. The second kappa shape index (κ2) is 7.47. The molecule has 2 fully saturated rings. The van der Waals surface area contributed by atoms with Gasteiger partial charge in [-0.1, -0.05) is 13.8 Å². The van der Waals surface area contributed by atoms with Crippen LogP contribution in [0.2, 0.25) is 0 Å². The first-order valence-electron chi connectivity index (χ1n) is 8.84. The number of piperazine rings is 1. The molecule has 2 aliphatic heterocycles. The van der Waals surface area contributed by atoms with E-state index < -0.39 is 0 Å². The summed E-state index contributed by atoms with van der Waals surface area (Å²) in [5.41, 5.74) is 0. The van der Waals surface area contributed by atoms with Gasteiger partial charge in [0.2, 0.25) is 5.91 Å². The molecule has 24 heavy (non-hydrogen) atoms. The SMILES string of the molecule is CC(C)C1OCCCC1C(=O)N1CCN(c2ncccc2F)CC1. The van der Waals surface area contributed by atoms with E-state index in [2.05, 4.69) is 18.8 Å². The Morgan fingerprint density at radius 1 is 1.33 bits per heavy atom. The van der Waals surface area contributed by atoms with Gasteiger partial charge in [0.1, 0.15) is 0 Å². The Balaban J connectivity index is 1.61. The summed E-state index contributed by atoms with van der Waals surface area (Å²) in [5, 5.41) is 0. The standard InChI is InChI=1S/C18H26FN3O2/c1-13(2)16-14(5-4-12-24-16)18(23)22-10-8-21(9-11-22)17-15(19)6-3-7-20-17/h3,6-7,13-14,16H,4-5,8-12H2,1-2H3. The number of aromatic nitrogens is 1. The fraction of sp³-hybridized carbons (Fsp3) is 0.667. The first kappa shape index (κ1) is 17.1. The van der Waals surface area contributed by atoms with Crippen LogP contribution in [0, 0.1) is 17.7 Å². The van der Waals surface area contributed by atoms with Gasteiger partial charge in [-0.3, -0.25) is 4.79 Å². The summed E-state index contributed by atoms with van der Waals surface area (Å²) < 4.78 is 19.7. The van der Waals surface area contributed by atoms with E-state index in [1.165, 1.54) is 6.07 Å². The van der Waals surface area contributed by atoms with E-state index in [-0.39, 0.29) is 23.7 Å². The average Bonchev–Trinajstić information content (AvgIpc) is 2.62. The van der Waals surface area contributed by atoms with Crippen molar-refractivity contribution in [1.29, 1.82) is 0 Å². The van der Waals surface area contributed by atoms with E-state index in [9.17, 15) is 9.18 Å². The van der Waals surface area contributed by atoms with Crippen molar-refractivity contribution in [2.24, 2.45) is 11.8 Å². The van der Waals surface area contributed by atoms with Gasteiger partial charge in [-0.25, -0.2) is 9.37 Å². The minimum absolute atomic E-state index is 0.0116. The van der Waals surface area contributed by atoms with E-state index in [4.69, 9.17) is 4.74 Å². The summed E-state index contributed by atoms with van der Waals surface area (Å²) in [7, 11) is 0. The third-order valence-corrected chi connectivity index (χ3v) is 4.97. The molecule has 0 bridgehead atoms. The minimum atomic E-state index is -0.308. The van der Waals surface area contributed by atoms with Crippen LogP contribution in [-0.2, 0) is 9.53 Å². The Hall–Kier alpha value is -1.69. The predicted molar refractivity (Wildman–Crippen MR) is 90.3 cm³/mol. The molecular formula is C18H26FN3O2. The highest BCUT2D eigenvalue weighted by atomic mass is 19.1. The third kappa shape index (κ3) is 3.53. The van der Waals surface area contributed by atoms with Gasteiger partial charge in [-0.2, -0.15) is 0 Å². The van der Waals surface area contributed by atoms with Crippen molar-refractivity contribution in [2.75, 3.05) is 37.7 Å². The number of nitrogens with zero attached hydrogens (tertiary/aromatic N) is 3. The zero-order chi connectivity index (χ0) is 17.1. The van der Waals surface area contributed by atoms with Crippen LogP contribution in [0.3, 0.4) is 0 Å². The molecule has 0 saturated carbocycles. The van der Waals surface area contributed by atoms with Crippen molar-refractivity contribution < 1.29 is 13.9 Å². The predicted octanol–water partition coefficient (Wildman–Crippen LogP) is 2.32. The Morgan fingerprint density at radius 3 is 2.75 bits per heavy atom. The summed E-state index contributed by atoms with van der Waals surface area (Å²) in [6.45, 7) is 7.40. The molecule has 0 aromatic carbocycles. The second-order valence-electron chi connectivity index (χ2n) is 6.95. The Bertz CT molecular complexity index is 573. The number of ether oxygens (including phenoxy) is 1. The molecule has 0 aliphatic carbocycles. The molecule has 2 aliphatic rings. The molecule has 132 valence electrons. The molecule has 5 nitrogen and oxygen atoms in total. The number of rotatable bonds is 3. The summed E-state index contributed by atoms with van der Waals surface area (Å²) in [5.74, 6) is 0.554. The van der Waals surface area contributed by atoms with Gasteiger partial charge in [0, 0.05) is 39.0 Å². The van der Waals surface area contributed by atoms with Gasteiger partial charge < -0.3 is 14.5 Å². The van der Waals surface area contributed by atoms with Crippen molar-refractivity contribution in [2.45, 2.75) is 32.8 Å². The first-order chi connectivity index (χ1) is 11.6. The molecule has 3 heterocycles. The Morgan fingerprint density at radius 2 is 2.08 bits per heavy atom. The van der Waals surface area contributed by atoms with Crippen LogP contribution in [0.4, 0.5) is 10.2 Å². The van der Waals surface area contributed by atoms with Crippen LogP contribution in [0.15, 0.2) is 18.3 Å². The summed E-state index contributed by atoms with van der Waals surface area (Å²) in [4.78, 5) is 20.9. The number of amides is 1. The van der Waals surface area contributed by atoms with E-state index in [0.29, 0.717) is 37.9 Å². The largest absolute Gasteiger partial charge is 0.377 e. The maximum Gasteiger partial charge on any atom is 0.228 e. The van der Waals surface area contributed by atoms with Gasteiger partial charge >= 0.3 is 0 Å².